The Labute approximate surface area is 98.6 Å². The van der Waals surface area contributed by atoms with Gasteiger partial charge in [0.1, 0.15) is 0 Å². The first-order chi connectivity index (χ1) is 8.34. The number of fused-ring (bicyclic) bond motifs is 1. The third-order valence-electron chi connectivity index (χ3n) is 3.08. The molecule has 0 bridgehead atoms. The summed E-state index contributed by atoms with van der Waals surface area (Å²) in [4.78, 5) is 14.7. The van der Waals surface area contributed by atoms with Gasteiger partial charge < -0.3 is 15.0 Å². The molecule has 3 rings (SSSR count). The van der Waals surface area contributed by atoms with Crippen molar-refractivity contribution in [1.29, 1.82) is 0 Å². The Balaban J connectivity index is 2.04. The Morgan fingerprint density at radius 3 is 3.06 bits per heavy atom. The zero-order chi connectivity index (χ0) is 11.7. The monoisotopic (exact) mass is 230 g/mol. The standard InChI is InChI=1S/C13H14N2O2/c16-12-3-4-15-11-7-9(1-2-10(11)12)13-8-14-5-6-17-13/h1-4,7,13-14H,5-6,8H2,(H,15,16). The molecule has 1 fully saturated rings. The number of nitrogens with one attached hydrogen (secondary N) is 2. The lowest BCUT2D eigenvalue weighted by molar-refractivity contribution is 0.0278. The zero-order valence-electron chi connectivity index (χ0n) is 9.40. The third-order valence-corrected chi connectivity index (χ3v) is 3.08. The molecule has 0 spiro atoms. The highest BCUT2D eigenvalue weighted by atomic mass is 16.5. The van der Waals surface area contributed by atoms with Gasteiger partial charge in [0.15, 0.2) is 5.43 Å². The predicted molar refractivity (Wildman–Crippen MR) is 66.1 cm³/mol. The maximum atomic E-state index is 11.6. The van der Waals surface area contributed by atoms with Crippen LogP contribution in [0.15, 0.2) is 35.3 Å². The molecule has 1 unspecified atom stereocenters. The van der Waals surface area contributed by atoms with Crippen LogP contribution in [0.25, 0.3) is 10.9 Å². The Morgan fingerprint density at radius 1 is 1.29 bits per heavy atom. The van der Waals surface area contributed by atoms with E-state index in [2.05, 4.69) is 10.3 Å². The molecule has 1 aromatic carbocycles. The lowest BCUT2D eigenvalue weighted by Crippen LogP contribution is -2.33. The molecule has 88 valence electrons. The summed E-state index contributed by atoms with van der Waals surface area (Å²) in [5, 5.41) is 4.02. The van der Waals surface area contributed by atoms with E-state index in [9.17, 15) is 4.79 Å². The average Bonchev–Trinajstić information content (AvgIpc) is 2.40. The number of H-pyrrole nitrogens is 1. The van der Waals surface area contributed by atoms with Crippen LogP contribution in [-0.4, -0.2) is 24.7 Å². The van der Waals surface area contributed by atoms with Crippen LogP contribution in [0.2, 0.25) is 0 Å². The Kier molecular flexibility index (Phi) is 2.66. The summed E-state index contributed by atoms with van der Waals surface area (Å²) < 4.78 is 5.69. The number of aromatic amines is 1. The van der Waals surface area contributed by atoms with Crippen LogP contribution in [0.1, 0.15) is 11.7 Å². The van der Waals surface area contributed by atoms with E-state index in [1.54, 1.807) is 12.3 Å². The van der Waals surface area contributed by atoms with Gasteiger partial charge in [0, 0.05) is 36.3 Å². The molecule has 1 aliphatic heterocycles. The summed E-state index contributed by atoms with van der Waals surface area (Å²) in [6.45, 7) is 2.46. The van der Waals surface area contributed by atoms with Crippen LogP contribution in [0.4, 0.5) is 0 Å². The van der Waals surface area contributed by atoms with E-state index in [0.29, 0.717) is 0 Å². The smallest absolute Gasteiger partial charge is 0.189 e. The van der Waals surface area contributed by atoms with Gasteiger partial charge in [0.25, 0.3) is 0 Å². The van der Waals surface area contributed by atoms with Gasteiger partial charge in [-0.15, -0.1) is 0 Å². The number of morpholine rings is 1. The van der Waals surface area contributed by atoms with Crippen molar-refractivity contribution in [1.82, 2.24) is 10.3 Å². The van der Waals surface area contributed by atoms with Crippen molar-refractivity contribution in [3.05, 3.63) is 46.2 Å². The third kappa shape index (κ3) is 1.97. The summed E-state index contributed by atoms with van der Waals surface area (Å²) in [5.41, 5.74) is 2.02. The van der Waals surface area contributed by atoms with Gasteiger partial charge in [-0.05, 0) is 17.7 Å². The van der Waals surface area contributed by atoms with E-state index < -0.39 is 0 Å². The molecular formula is C13H14N2O2. The topological polar surface area (TPSA) is 54.1 Å². The second-order valence-corrected chi connectivity index (χ2v) is 4.21. The van der Waals surface area contributed by atoms with Crippen molar-refractivity contribution in [2.45, 2.75) is 6.10 Å². The van der Waals surface area contributed by atoms with Crippen molar-refractivity contribution < 1.29 is 4.74 Å². The molecule has 2 heterocycles. The van der Waals surface area contributed by atoms with Crippen molar-refractivity contribution in [2.24, 2.45) is 0 Å². The van der Waals surface area contributed by atoms with Crippen molar-refractivity contribution >= 4 is 10.9 Å². The first kappa shape index (κ1) is 10.5. The van der Waals surface area contributed by atoms with Crippen LogP contribution in [-0.2, 0) is 4.74 Å². The molecule has 2 aromatic rings. The number of ether oxygens (including phenoxy) is 1. The molecule has 4 heteroatoms. The van der Waals surface area contributed by atoms with E-state index in [-0.39, 0.29) is 11.5 Å². The number of rotatable bonds is 1. The molecule has 1 aliphatic rings. The highest BCUT2D eigenvalue weighted by molar-refractivity contribution is 5.78. The van der Waals surface area contributed by atoms with Crippen LogP contribution >= 0.6 is 0 Å². The lowest BCUT2D eigenvalue weighted by atomic mass is 10.1. The first-order valence-electron chi connectivity index (χ1n) is 5.78. The second kappa shape index (κ2) is 4.31. The molecule has 17 heavy (non-hydrogen) atoms. The largest absolute Gasteiger partial charge is 0.371 e. The Bertz CT molecular complexity index is 585. The number of benzene rings is 1. The van der Waals surface area contributed by atoms with Crippen molar-refractivity contribution in [2.75, 3.05) is 19.7 Å². The molecule has 0 saturated carbocycles. The Hall–Kier alpha value is -1.65. The fraction of sp³-hybridized carbons (Fsp3) is 0.308. The second-order valence-electron chi connectivity index (χ2n) is 4.21. The molecule has 2 N–H and O–H groups in total. The summed E-state index contributed by atoms with van der Waals surface area (Å²) in [6.07, 6.45) is 1.76. The van der Waals surface area contributed by atoms with Crippen LogP contribution < -0.4 is 10.7 Å². The highest BCUT2D eigenvalue weighted by Crippen LogP contribution is 2.21. The molecule has 4 nitrogen and oxygen atoms in total. The van der Waals surface area contributed by atoms with Gasteiger partial charge >= 0.3 is 0 Å². The van der Waals surface area contributed by atoms with Gasteiger partial charge in [-0.1, -0.05) is 6.07 Å². The minimum absolute atomic E-state index is 0.0491. The summed E-state index contributed by atoms with van der Waals surface area (Å²) >= 11 is 0. The van der Waals surface area contributed by atoms with E-state index in [1.165, 1.54) is 0 Å². The van der Waals surface area contributed by atoms with Gasteiger partial charge in [-0.25, -0.2) is 0 Å². The average molecular weight is 230 g/mol. The molecule has 0 amide bonds. The minimum Gasteiger partial charge on any atom is -0.371 e. The van der Waals surface area contributed by atoms with E-state index in [0.717, 1.165) is 36.2 Å². The van der Waals surface area contributed by atoms with E-state index >= 15 is 0 Å². The maximum absolute atomic E-state index is 11.6. The fourth-order valence-corrected chi connectivity index (χ4v) is 2.17. The summed E-state index contributed by atoms with van der Waals surface area (Å²) in [5.74, 6) is 0. The van der Waals surface area contributed by atoms with Gasteiger partial charge in [-0.3, -0.25) is 4.79 Å². The first-order valence-corrected chi connectivity index (χ1v) is 5.78. The molecular weight excluding hydrogens is 216 g/mol. The van der Waals surface area contributed by atoms with Gasteiger partial charge in [-0.2, -0.15) is 0 Å². The molecule has 0 radical (unpaired) electrons. The molecule has 0 aliphatic carbocycles. The number of hydrogen-bond donors (Lipinski definition) is 2. The number of aromatic nitrogens is 1. The quantitative estimate of drug-likeness (QED) is 0.773. The maximum Gasteiger partial charge on any atom is 0.189 e. The molecule has 1 saturated heterocycles. The van der Waals surface area contributed by atoms with Crippen molar-refractivity contribution in [3.63, 3.8) is 0 Å². The number of hydrogen-bond acceptors (Lipinski definition) is 3. The fourth-order valence-electron chi connectivity index (χ4n) is 2.17. The highest BCUT2D eigenvalue weighted by Gasteiger charge is 2.15. The van der Waals surface area contributed by atoms with Crippen molar-refractivity contribution in [3.8, 4) is 0 Å². The molecule has 1 atom stereocenters. The van der Waals surface area contributed by atoms with E-state index in [1.807, 2.05) is 18.2 Å². The Morgan fingerprint density at radius 2 is 2.24 bits per heavy atom. The van der Waals surface area contributed by atoms with Gasteiger partial charge in [0.05, 0.1) is 12.7 Å². The summed E-state index contributed by atoms with van der Waals surface area (Å²) in [6, 6.07) is 7.37. The zero-order valence-corrected chi connectivity index (χ0v) is 9.40. The van der Waals surface area contributed by atoms with Crippen LogP contribution in [0.5, 0.6) is 0 Å². The SMILES string of the molecule is O=c1cc[nH]c2cc(C3CNCCO3)ccc12. The summed E-state index contributed by atoms with van der Waals surface area (Å²) in [7, 11) is 0. The predicted octanol–water partition coefficient (Wildman–Crippen LogP) is 1.19. The van der Waals surface area contributed by atoms with Gasteiger partial charge in [0.2, 0.25) is 0 Å². The van der Waals surface area contributed by atoms with Crippen LogP contribution in [0.3, 0.4) is 0 Å². The normalized spacial score (nSPS) is 20.6. The van der Waals surface area contributed by atoms with Crippen LogP contribution in [0, 0.1) is 0 Å². The number of pyridine rings is 1. The lowest BCUT2D eigenvalue weighted by Gasteiger charge is -2.24. The van der Waals surface area contributed by atoms with E-state index in [4.69, 9.17) is 4.74 Å². The molecule has 1 aromatic heterocycles. The minimum atomic E-state index is 0.0491.